The SMILES string of the molecule is O=C(O)c1ccc(-c2ccc(Cl)cc2OCc2ccccc2)nc1Cc1cccc(F)c1. The van der Waals surface area contributed by atoms with Gasteiger partial charge in [-0.25, -0.2) is 9.18 Å². The van der Waals surface area contributed by atoms with Crippen LogP contribution in [0.5, 0.6) is 5.75 Å². The third-order valence-corrected chi connectivity index (χ3v) is 5.16. The lowest BCUT2D eigenvalue weighted by atomic mass is 10.0. The Labute approximate surface area is 189 Å². The molecule has 0 atom stereocenters. The van der Waals surface area contributed by atoms with E-state index in [4.69, 9.17) is 16.3 Å². The first kappa shape index (κ1) is 21.5. The molecule has 3 aromatic carbocycles. The largest absolute Gasteiger partial charge is 0.488 e. The second kappa shape index (κ2) is 9.62. The minimum Gasteiger partial charge on any atom is -0.488 e. The molecule has 0 spiro atoms. The Morgan fingerprint density at radius 3 is 2.47 bits per heavy atom. The maximum absolute atomic E-state index is 13.6. The summed E-state index contributed by atoms with van der Waals surface area (Å²) in [5.41, 5.74) is 3.26. The third-order valence-electron chi connectivity index (χ3n) is 4.92. The number of pyridine rings is 1. The van der Waals surface area contributed by atoms with Crippen molar-refractivity contribution in [3.8, 4) is 17.0 Å². The van der Waals surface area contributed by atoms with Gasteiger partial charge in [0.15, 0.2) is 0 Å². The summed E-state index contributed by atoms with van der Waals surface area (Å²) in [6.07, 6.45) is 0.182. The Bertz CT molecular complexity index is 1260. The number of carboxylic acid groups (broad SMARTS) is 1. The molecule has 0 amide bonds. The van der Waals surface area contributed by atoms with Gasteiger partial charge in [-0.15, -0.1) is 0 Å². The third kappa shape index (κ3) is 5.13. The van der Waals surface area contributed by atoms with E-state index in [0.29, 0.717) is 39.9 Å². The average Bonchev–Trinajstić information content (AvgIpc) is 2.78. The summed E-state index contributed by atoms with van der Waals surface area (Å²) in [5, 5.41) is 10.1. The number of carboxylic acids is 1. The summed E-state index contributed by atoms with van der Waals surface area (Å²) >= 11 is 6.19. The average molecular weight is 448 g/mol. The van der Waals surface area contributed by atoms with E-state index in [2.05, 4.69) is 4.98 Å². The fourth-order valence-corrected chi connectivity index (χ4v) is 3.55. The molecular formula is C26H19ClFNO3. The minimum absolute atomic E-state index is 0.0683. The van der Waals surface area contributed by atoms with Crippen LogP contribution >= 0.6 is 11.6 Å². The van der Waals surface area contributed by atoms with Gasteiger partial charge in [0, 0.05) is 17.0 Å². The van der Waals surface area contributed by atoms with Gasteiger partial charge in [0.05, 0.1) is 17.0 Å². The van der Waals surface area contributed by atoms with Gasteiger partial charge in [-0.2, -0.15) is 0 Å². The van der Waals surface area contributed by atoms with Gasteiger partial charge in [0.1, 0.15) is 18.2 Å². The van der Waals surface area contributed by atoms with Crippen LogP contribution in [0.15, 0.2) is 84.9 Å². The Morgan fingerprint density at radius 1 is 0.938 bits per heavy atom. The molecule has 0 saturated carbocycles. The van der Waals surface area contributed by atoms with Gasteiger partial charge in [-0.05, 0) is 53.6 Å². The van der Waals surface area contributed by atoms with Crippen LogP contribution in [0, 0.1) is 5.82 Å². The highest BCUT2D eigenvalue weighted by Gasteiger charge is 2.16. The van der Waals surface area contributed by atoms with Crippen molar-refractivity contribution in [2.75, 3.05) is 0 Å². The van der Waals surface area contributed by atoms with Crippen molar-refractivity contribution in [3.05, 3.63) is 118 Å². The molecule has 6 heteroatoms. The van der Waals surface area contributed by atoms with Crippen LogP contribution in [-0.2, 0) is 13.0 Å². The monoisotopic (exact) mass is 447 g/mol. The topological polar surface area (TPSA) is 59.4 Å². The lowest BCUT2D eigenvalue weighted by Gasteiger charge is -2.14. The quantitative estimate of drug-likeness (QED) is 0.355. The lowest BCUT2D eigenvalue weighted by molar-refractivity contribution is 0.0695. The molecule has 0 unspecified atom stereocenters. The molecule has 0 aliphatic rings. The molecule has 1 N–H and O–H groups in total. The number of halogens is 2. The molecule has 0 radical (unpaired) electrons. The normalized spacial score (nSPS) is 10.7. The first-order chi connectivity index (χ1) is 15.5. The molecule has 4 nitrogen and oxygen atoms in total. The zero-order valence-electron chi connectivity index (χ0n) is 17.0. The van der Waals surface area contributed by atoms with Crippen molar-refractivity contribution in [3.63, 3.8) is 0 Å². The molecule has 1 aromatic heterocycles. The molecule has 4 aromatic rings. The molecule has 1 heterocycles. The van der Waals surface area contributed by atoms with Crippen molar-refractivity contribution in [1.29, 1.82) is 0 Å². The first-order valence-electron chi connectivity index (χ1n) is 9.94. The summed E-state index contributed by atoms with van der Waals surface area (Å²) in [4.78, 5) is 16.3. The second-order valence-electron chi connectivity index (χ2n) is 7.22. The number of aromatic nitrogens is 1. The van der Waals surface area contributed by atoms with Gasteiger partial charge in [0.2, 0.25) is 0 Å². The van der Waals surface area contributed by atoms with Crippen molar-refractivity contribution < 1.29 is 19.0 Å². The summed E-state index contributed by atoms with van der Waals surface area (Å²) in [6.45, 7) is 0.345. The predicted octanol–water partition coefficient (Wildman–Crippen LogP) is 6.41. The molecule has 0 bridgehead atoms. The molecular weight excluding hydrogens is 429 g/mol. The van der Waals surface area contributed by atoms with E-state index in [1.165, 1.54) is 18.2 Å². The number of rotatable bonds is 7. The summed E-state index contributed by atoms with van der Waals surface area (Å²) in [5.74, 6) is -0.939. The zero-order valence-corrected chi connectivity index (χ0v) is 17.7. The molecule has 4 rings (SSSR count). The van der Waals surface area contributed by atoms with Crippen LogP contribution in [0.4, 0.5) is 4.39 Å². The number of hydrogen-bond donors (Lipinski definition) is 1. The van der Waals surface area contributed by atoms with Crippen LogP contribution < -0.4 is 4.74 Å². The van der Waals surface area contributed by atoms with Crippen LogP contribution in [-0.4, -0.2) is 16.1 Å². The highest BCUT2D eigenvalue weighted by Crippen LogP contribution is 2.33. The van der Waals surface area contributed by atoms with Crippen LogP contribution in [0.25, 0.3) is 11.3 Å². The fourth-order valence-electron chi connectivity index (χ4n) is 3.38. The number of carbonyl (C=O) groups is 1. The maximum atomic E-state index is 13.6. The Morgan fingerprint density at radius 2 is 1.72 bits per heavy atom. The van der Waals surface area contributed by atoms with Crippen LogP contribution in [0.3, 0.4) is 0 Å². The van der Waals surface area contributed by atoms with E-state index in [1.54, 1.807) is 36.4 Å². The van der Waals surface area contributed by atoms with Crippen molar-refractivity contribution >= 4 is 17.6 Å². The number of hydrogen-bond acceptors (Lipinski definition) is 3. The van der Waals surface area contributed by atoms with Gasteiger partial charge in [0.25, 0.3) is 0 Å². The number of benzene rings is 3. The highest BCUT2D eigenvalue weighted by molar-refractivity contribution is 6.30. The maximum Gasteiger partial charge on any atom is 0.337 e. The molecule has 0 fully saturated rings. The van der Waals surface area contributed by atoms with E-state index < -0.39 is 5.97 Å². The Balaban J connectivity index is 1.70. The molecule has 160 valence electrons. The highest BCUT2D eigenvalue weighted by atomic mass is 35.5. The van der Waals surface area contributed by atoms with E-state index in [0.717, 1.165) is 5.56 Å². The minimum atomic E-state index is -1.09. The molecule has 0 aliphatic heterocycles. The number of nitrogens with zero attached hydrogens (tertiary/aromatic N) is 1. The predicted molar refractivity (Wildman–Crippen MR) is 122 cm³/mol. The molecule has 0 saturated heterocycles. The fraction of sp³-hybridized carbons (Fsp3) is 0.0769. The van der Waals surface area contributed by atoms with Crippen molar-refractivity contribution in [1.82, 2.24) is 4.98 Å². The lowest BCUT2D eigenvalue weighted by Crippen LogP contribution is -2.07. The van der Waals surface area contributed by atoms with E-state index in [1.807, 2.05) is 30.3 Å². The van der Waals surface area contributed by atoms with Gasteiger partial charge in [-0.1, -0.05) is 54.1 Å². The van der Waals surface area contributed by atoms with Gasteiger partial charge < -0.3 is 9.84 Å². The first-order valence-corrected chi connectivity index (χ1v) is 10.3. The van der Waals surface area contributed by atoms with E-state index in [9.17, 15) is 14.3 Å². The summed E-state index contributed by atoms with van der Waals surface area (Å²) in [6, 6.07) is 24.1. The summed E-state index contributed by atoms with van der Waals surface area (Å²) < 4.78 is 19.6. The van der Waals surface area contributed by atoms with Crippen molar-refractivity contribution in [2.24, 2.45) is 0 Å². The smallest absolute Gasteiger partial charge is 0.337 e. The van der Waals surface area contributed by atoms with Crippen LogP contribution in [0.1, 0.15) is 27.2 Å². The Hall–Kier alpha value is -3.70. The Kier molecular flexibility index (Phi) is 6.47. The van der Waals surface area contributed by atoms with Crippen LogP contribution in [0.2, 0.25) is 5.02 Å². The second-order valence-corrected chi connectivity index (χ2v) is 7.65. The molecule has 32 heavy (non-hydrogen) atoms. The van der Waals surface area contributed by atoms with E-state index >= 15 is 0 Å². The van der Waals surface area contributed by atoms with E-state index in [-0.39, 0.29) is 17.8 Å². The van der Waals surface area contributed by atoms with Gasteiger partial charge >= 0.3 is 5.97 Å². The number of aromatic carboxylic acids is 1. The molecule has 0 aliphatic carbocycles. The zero-order chi connectivity index (χ0) is 22.5. The number of ether oxygens (including phenoxy) is 1. The van der Waals surface area contributed by atoms with Gasteiger partial charge in [-0.3, -0.25) is 4.98 Å². The summed E-state index contributed by atoms with van der Waals surface area (Å²) in [7, 11) is 0. The standard InChI is InChI=1S/C26H19ClFNO3/c27-19-9-10-21(25(15-19)32-16-17-5-2-1-3-6-17)23-12-11-22(26(30)31)24(29-23)14-18-7-4-8-20(28)13-18/h1-13,15H,14,16H2,(H,30,31). The van der Waals surface area contributed by atoms with Crippen molar-refractivity contribution in [2.45, 2.75) is 13.0 Å².